The lowest BCUT2D eigenvalue weighted by Crippen LogP contribution is -2.39. The van der Waals surface area contributed by atoms with Crippen LogP contribution in [0.15, 0.2) is 84.5 Å². The van der Waals surface area contributed by atoms with Gasteiger partial charge in [-0.05, 0) is 61.9 Å². The van der Waals surface area contributed by atoms with Gasteiger partial charge in [-0.3, -0.25) is 14.2 Å². The normalized spacial score (nSPS) is 15.4. The predicted molar refractivity (Wildman–Crippen MR) is 146 cm³/mol. The number of rotatable bonds is 6. The van der Waals surface area contributed by atoms with Crippen LogP contribution in [-0.2, 0) is 4.79 Å². The second kappa shape index (κ2) is 9.99. The number of Topliss-reactive ketones (excluding diaryl/α,β-unsaturated/α-hetero) is 1. The quantitative estimate of drug-likeness (QED) is 0.326. The van der Waals surface area contributed by atoms with E-state index in [0.717, 1.165) is 15.6 Å². The number of carbonyl (C=O) groups is 1. The fourth-order valence-electron chi connectivity index (χ4n) is 4.40. The highest BCUT2D eigenvalue weighted by molar-refractivity contribution is 9.10. The van der Waals surface area contributed by atoms with Crippen molar-refractivity contribution < 1.29 is 18.7 Å². The summed E-state index contributed by atoms with van der Waals surface area (Å²) in [7, 11) is 3.13. The van der Waals surface area contributed by atoms with Gasteiger partial charge in [-0.15, -0.1) is 0 Å². The molecule has 0 fully saturated rings. The van der Waals surface area contributed by atoms with E-state index in [0.29, 0.717) is 43.6 Å². The number of carbonyl (C=O) groups excluding carboxylic acids is 1. The van der Waals surface area contributed by atoms with Crippen LogP contribution < -0.4 is 24.4 Å². The van der Waals surface area contributed by atoms with Crippen LogP contribution in [0, 0.1) is 0 Å². The number of methoxy groups -OCH3 is 2. The van der Waals surface area contributed by atoms with Gasteiger partial charge in [0.05, 0.1) is 18.8 Å². The van der Waals surface area contributed by atoms with Crippen LogP contribution in [0.25, 0.3) is 17.4 Å². The molecule has 7 nitrogen and oxygen atoms in total. The van der Waals surface area contributed by atoms with Crippen molar-refractivity contribution in [3.63, 3.8) is 0 Å². The molecule has 0 N–H and O–H groups in total. The fourth-order valence-corrected chi connectivity index (χ4v) is 5.71. The molecule has 2 aromatic heterocycles. The highest BCUT2D eigenvalue weighted by atomic mass is 79.9. The largest absolute Gasteiger partial charge is 0.493 e. The summed E-state index contributed by atoms with van der Waals surface area (Å²) in [5.41, 5.74) is 2.41. The number of hydrogen-bond acceptors (Lipinski definition) is 7. The van der Waals surface area contributed by atoms with Crippen molar-refractivity contribution in [1.82, 2.24) is 4.57 Å². The third-order valence-corrected chi connectivity index (χ3v) is 7.64. The maximum absolute atomic E-state index is 13.7. The van der Waals surface area contributed by atoms with Gasteiger partial charge in [0.1, 0.15) is 17.6 Å². The number of aromatic nitrogens is 1. The molecule has 0 saturated heterocycles. The van der Waals surface area contributed by atoms with E-state index in [-0.39, 0.29) is 11.3 Å². The van der Waals surface area contributed by atoms with Gasteiger partial charge >= 0.3 is 0 Å². The van der Waals surface area contributed by atoms with Crippen LogP contribution in [0.3, 0.4) is 0 Å². The van der Waals surface area contributed by atoms with Crippen LogP contribution >= 0.6 is 27.3 Å². The number of halogens is 1. The molecule has 5 rings (SSSR count). The highest BCUT2D eigenvalue weighted by Crippen LogP contribution is 2.34. The smallest absolute Gasteiger partial charge is 0.271 e. The van der Waals surface area contributed by atoms with Crippen LogP contribution in [-0.4, -0.2) is 24.6 Å². The Morgan fingerprint density at radius 1 is 1.08 bits per heavy atom. The summed E-state index contributed by atoms with van der Waals surface area (Å²) in [4.78, 5) is 31.6. The maximum Gasteiger partial charge on any atom is 0.271 e. The van der Waals surface area contributed by atoms with Crippen LogP contribution in [0.4, 0.5) is 0 Å². The number of ether oxygens (including phenoxy) is 2. The molecule has 1 aliphatic heterocycles. The maximum atomic E-state index is 13.7. The molecular formula is C28H23BrN2O5S. The molecule has 0 spiro atoms. The van der Waals surface area contributed by atoms with Crippen molar-refractivity contribution in [3.8, 4) is 22.8 Å². The van der Waals surface area contributed by atoms with E-state index >= 15 is 0 Å². The molecule has 0 saturated carbocycles. The van der Waals surface area contributed by atoms with Gasteiger partial charge in [-0.2, -0.15) is 0 Å². The SMILES string of the molecule is COc1ccc(/C=c2/sc3n(c2=O)[C@@H](c2ccc(-c4ccc(Br)cc4)o2)C(C(C)=O)=C(C)N=3)cc1OC. The predicted octanol–water partition coefficient (Wildman–Crippen LogP) is 4.86. The van der Waals surface area contributed by atoms with Crippen molar-refractivity contribution in [3.05, 3.63) is 101 Å². The number of allylic oxidation sites excluding steroid dienone is 2. The molecule has 0 unspecified atom stereocenters. The Morgan fingerprint density at radius 3 is 2.49 bits per heavy atom. The minimum absolute atomic E-state index is 0.165. The molecule has 4 aromatic rings. The van der Waals surface area contributed by atoms with E-state index in [1.54, 1.807) is 43.9 Å². The zero-order valence-electron chi connectivity index (χ0n) is 20.6. The Morgan fingerprint density at radius 2 is 1.81 bits per heavy atom. The molecule has 0 radical (unpaired) electrons. The molecule has 0 bridgehead atoms. The molecule has 0 amide bonds. The first-order valence-corrected chi connectivity index (χ1v) is 13.0. The zero-order chi connectivity index (χ0) is 26.3. The summed E-state index contributed by atoms with van der Waals surface area (Å²) in [5, 5.41) is 0. The van der Waals surface area contributed by atoms with Gasteiger partial charge < -0.3 is 13.9 Å². The second-order valence-electron chi connectivity index (χ2n) is 8.46. The van der Waals surface area contributed by atoms with Crippen LogP contribution in [0.5, 0.6) is 11.5 Å². The molecular weight excluding hydrogens is 556 g/mol. The Kier molecular flexibility index (Phi) is 6.74. The molecule has 0 aliphatic carbocycles. The van der Waals surface area contributed by atoms with E-state index < -0.39 is 6.04 Å². The van der Waals surface area contributed by atoms with Crippen LogP contribution in [0.1, 0.15) is 31.2 Å². The molecule has 1 aliphatic rings. The van der Waals surface area contributed by atoms with Crippen LogP contribution in [0.2, 0.25) is 0 Å². The number of nitrogens with zero attached hydrogens (tertiary/aromatic N) is 2. The third kappa shape index (κ3) is 4.60. The lowest BCUT2D eigenvalue weighted by Gasteiger charge is -2.22. The molecule has 9 heteroatoms. The van der Waals surface area contributed by atoms with Crippen molar-refractivity contribution in [2.75, 3.05) is 14.2 Å². The molecule has 37 heavy (non-hydrogen) atoms. The van der Waals surface area contributed by atoms with Crippen molar-refractivity contribution in [1.29, 1.82) is 0 Å². The Labute approximate surface area is 225 Å². The number of ketones is 1. The monoisotopic (exact) mass is 578 g/mol. The number of fused-ring (bicyclic) bond motifs is 1. The summed E-state index contributed by atoms with van der Waals surface area (Å²) in [6.07, 6.45) is 1.78. The topological polar surface area (TPSA) is 83.0 Å². The van der Waals surface area contributed by atoms with Gasteiger partial charge in [0, 0.05) is 21.3 Å². The third-order valence-electron chi connectivity index (χ3n) is 6.13. The first kappa shape index (κ1) is 25.0. The van der Waals surface area contributed by atoms with E-state index in [9.17, 15) is 9.59 Å². The molecule has 1 atom stereocenters. The average Bonchev–Trinajstić information content (AvgIpc) is 3.48. The summed E-state index contributed by atoms with van der Waals surface area (Å²) in [5.74, 6) is 2.14. The standard InChI is InChI=1S/C28H23BrN2O5S/c1-15-25(16(2)32)26(22-12-11-20(36-22)18-6-8-19(29)9-7-18)31-27(33)24(37-28(31)30-15)14-17-5-10-21(34-3)23(13-17)35-4/h5-14,26H,1-4H3/b24-14+/t26-/m0/s1. The summed E-state index contributed by atoms with van der Waals surface area (Å²) in [6.45, 7) is 3.27. The summed E-state index contributed by atoms with van der Waals surface area (Å²) < 4.78 is 19.9. The van der Waals surface area contributed by atoms with Gasteiger partial charge in [0.15, 0.2) is 22.1 Å². The summed E-state index contributed by atoms with van der Waals surface area (Å²) >= 11 is 4.71. The fraction of sp³-hybridized carbons (Fsp3) is 0.179. The molecule has 188 valence electrons. The van der Waals surface area contributed by atoms with Crippen molar-refractivity contribution in [2.45, 2.75) is 19.9 Å². The lowest BCUT2D eigenvalue weighted by molar-refractivity contribution is -0.114. The van der Waals surface area contributed by atoms with E-state index in [1.807, 2.05) is 42.5 Å². The van der Waals surface area contributed by atoms with Crippen molar-refractivity contribution in [2.24, 2.45) is 4.99 Å². The molecule has 3 heterocycles. The minimum Gasteiger partial charge on any atom is -0.493 e. The number of thiazole rings is 1. The van der Waals surface area contributed by atoms with Gasteiger partial charge in [0.25, 0.3) is 5.56 Å². The first-order chi connectivity index (χ1) is 17.8. The van der Waals surface area contributed by atoms with E-state index in [4.69, 9.17) is 13.9 Å². The van der Waals surface area contributed by atoms with Crippen molar-refractivity contribution >= 4 is 39.1 Å². The van der Waals surface area contributed by atoms with Gasteiger partial charge in [-0.25, -0.2) is 4.99 Å². The lowest BCUT2D eigenvalue weighted by atomic mass is 9.98. The minimum atomic E-state index is -0.717. The Bertz CT molecular complexity index is 1730. The zero-order valence-corrected chi connectivity index (χ0v) is 23.0. The van der Waals surface area contributed by atoms with E-state index in [2.05, 4.69) is 20.9 Å². The number of benzene rings is 2. The number of furan rings is 1. The summed E-state index contributed by atoms with van der Waals surface area (Å²) in [6, 6.07) is 16.1. The van der Waals surface area contributed by atoms with E-state index in [1.165, 1.54) is 18.3 Å². The van der Waals surface area contributed by atoms with Gasteiger partial charge in [0.2, 0.25) is 0 Å². The first-order valence-electron chi connectivity index (χ1n) is 11.4. The Balaban J connectivity index is 1.66. The Hall–Kier alpha value is -3.69. The second-order valence-corrected chi connectivity index (χ2v) is 10.4. The molecule has 2 aromatic carbocycles. The van der Waals surface area contributed by atoms with Gasteiger partial charge in [-0.1, -0.05) is 45.5 Å². The number of hydrogen-bond donors (Lipinski definition) is 0. The average molecular weight is 579 g/mol. The highest BCUT2D eigenvalue weighted by Gasteiger charge is 2.33.